The van der Waals surface area contributed by atoms with Crippen LogP contribution in [0, 0.1) is 11.7 Å². The lowest BCUT2D eigenvalue weighted by atomic mass is 10.1. The van der Waals surface area contributed by atoms with Gasteiger partial charge in [-0.05, 0) is 49.2 Å². The molecule has 7 heteroatoms. The Bertz CT molecular complexity index is 954. The molecule has 156 valence electrons. The fourth-order valence-corrected chi connectivity index (χ4v) is 4.11. The fourth-order valence-electron chi connectivity index (χ4n) is 4.11. The number of anilines is 2. The Balaban J connectivity index is 1.43. The molecule has 2 aliphatic rings. The summed E-state index contributed by atoms with van der Waals surface area (Å²) in [6, 6.07) is 12.7. The van der Waals surface area contributed by atoms with Crippen molar-refractivity contribution in [1.29, 1.82) is 0 Å². The van der Waals surface area contributed by atoms with Crippen molar-refractivity contribution in [2.75, 3.05) is 16.8 Å². The molecule has 1 atom stereocenters. The summed E-state index contributed by atoms with van der Waals surface area (Å²) in [5.41, 5.74) is 1.41. The quantitative estimate of drug-likeness (QED) is 0.794. The minimum absolute atomic E-state index is 0.0691. The third-order valence-electron chi connectivity index (χ3n) is 5.75. The minimum atomic E-state index is -0.548. The molecule has 0 unspecified atom stereocenters. The summed E-state index contributed by atoms with van der Waals surface area (Å²) >= 11 is 0. The Labute approximate surface area is 174 Å². The molecule has 1 aliphatic heterocycles. The standard InChI is InChI=1S/C23H24FN3O3/c24-16-9-11-18(12-10-16)27-14-15(13-21(27)28)22(29)26-20-8-4-3-7-19(20)23(30)25-17-5-1-2-6-17/h3-4,7-12,15,17H,1-2,5-6,13-14H2,(H,25,30)(H,26,29)/t15-/m1/s1. The number of para-hydroxylation sites is 1. The molecule has 3 amide bonds. The van der Waals surface area contributed by atoms with Gasteiger partial charge in [0.15, 0.2) is 0 Å². The number of hydrogen-bond donors (Lipinski definition) is 2. The van der Waals surface area contributed by atoms with Crippen LogP contribution in [0.1, 0.15) is 42.5 Å². The van der Waals surface area contributed by atoms with Gasteiger partial charge in [0.05, 0.1) is 17.2 Å². The maximum absolute atomic E-state index is 13.1. The number of rotatable bonds is 5. The normalized spacial score (nSPS) is 19.2. The number of nitrogens with one attached hydrogen (secondary N) is 2. The summed E-state index contributed by atoms with van der Waals surface area (Å²) < 4.78 is 13.1. The molecule has 2 N–H and O–H groups in total. The van der Waals surface area contributed by atoms with Crippen molar-refractivity contribution in [1.82, 2.24) is 5.32 Å². The first kappa shape index (κ1) is 20.1. The topological polar surface area (TPSA) is 78.5 Å². The van der Waals surface area contributed by atoms with Gasteiger partial charge in [-0.15, -0.1) is 0 Å². The Morgan fingerprint density at radius 2 is 1.70 bits per heavy atom. The average Bonchev–Trinajstić information content (AvgIpc) is 3.38. The van der Waals surface area contributed by atoms with Gasteiger partial charge in [-0.25, -0.2) is 4.39 Å². The van der Waals surface area contributed by atoms with Crippen molar-refractivity contribution >= 4 is 29.1 Å². The van der Waals surface area contributed by atoms with E-state index in [9.17, 15) is 18.8 Å². The highest BCUT2D eigenvalue weighted by Crippen LogP contribution is 2.27. The SMILES string of the molecule is O=C(NC1CCCC1)c1ccccc1NC(=O)[C@@H]1CC(=O)N(c2ccc(F)cc2)C1. The van der Waals surface area contributed by atoms with Crippen molar-refractivity contribution in [2.24, 2.45) is 5.92 Å². The van der Waals surface area contributed by atoms with Crippen LogP contribution < -0.4 is 15.5 Å². The molecule has 30 heavy (non-hydrogen) atoms. The van der Waals surface area contributed by atoms with Gasteiger partial charge in [-0.1, -0.05) is 25.0 Å². The van der Waals surface area contributed by atoms with E-state index in [-0.39, 0.29) is 42.5 Å². The molecular formula is C23H24FN3O3. The number of amides is 3. The lowest BCUT2D eigenvalue weighted by molar-refractivity contribution is -0.122. The van der Waals surface area contributed by atoms with Gasteiger partial charge in [0.25, 0.3) is 5.91 Å². The van der Waals surface area contributed by atoms with Crippen LogP contribution in [0.3, 0.4) is 0 Å². The molecule has 0 bridgehead atoms. The second-order valence-corrected chi connectivity index (χ2v) is 7.87. The van der Waals surface area contributed by atoms with E-state index in [1.165, 1.54) is 29.2 Å². The van der Waals surface area contributed by atoms with Gasteiger partial charge in [0, 0.05) is 24.7 Å². The van der Waals surface area contributed by atoms with Crippen LogP contribution in [-0.2, 0) is 9.59 Å². The first-order valence-corrected chi connectivity index (χ1v) is 10.3. The van der Waals surface area contributed by atoms with Crippen molar-refractivity contribution < 1.29 is 18.8 Å². The third kappa shape index (κ3) is 4.35. The number of carbonyl (C=O) groups excluding carboxylic acids is 3. The number of hydrogen-bond acceptors (Lipinski definition) is 3. The van der Waals surface area contributed by atoms with Gasteiger partial charge >= 0.3 is 0 Å². The predicted molar refractivity (Wildman–Crippen MR) is 112 cm³/mol. The summed E-state index contributed by atoms with van der Waals surface area (Å²) in [5, 5.41) is 5.86. The first-order chi connectivity index (χ1) is 14.5. The molecule has 1 aliphatic carbocycles. The van der Waals surface area contributed by atoms with Crippen LogP contribution in [0.4, 0.5) is 15.8 Å². The highest BCUT2D eigenvalue weighted by atomic mass is 19.1. The molecule has 4 rings (SSSR count). The van der Waals surface area contributed by atoms with E-state index in [2.05, 4.69) is 10.6 Å². The van der Waals surface area contributed by atoms with E-state index >= 15 is 0 Å². The summed E-state index contributed by atoms with van der Waals surface area (Å²) in [7, 11) is 0. The molecule has 0 spiro atoms. The van der Waals surface area contributed by atoms with E-state index in [4.69, 9.17) is 0 Å². The van der Waals surface area contributed by atoms with Gasteiger partial charge < -0.3 is 15.5 Å². The van der Waals surface area contributed by atoms with Crippen molar-refractivity contribution in [3.8, 4) is 0 Å². The summed E-state index contributed by atoms with van der Waals surface area (Å²) in [5.74, 6) is -1.63. The zero-order valence-corrected chi connectivity index (χ0v) is 16.6. The molecule has 0 aromatic heterocycles. The molecule has 1 heterocycles. The van der Waals surface area contributed by atoms with Crippen LogP contribution in [-0.4, -0.2) is 30.3 Å². The smallest absolute Gasteiger partial charge is 0.253 e. The van der Waals surface area contributed by atoms with Crippen LogP contribution >= 0.6 is 0 Å². The number of halogens is 1. The van der Waals surface area contributed by atoms with Crippen LogP contribution in [0.25, 0.3) is 0 Å². The highest BCUT2D eigenvalue weighted by Gasteiger charge is 2.35. The number of nitrogens with zero attached hydrogens (tertiary/aromatic N) is 1. The molecule has 1 saturated carbocycles. The van der Waals surface area contributed by atoms with E-state index in [1.54, 1.807) is 24.3 Å². The number of carbonyl (C=O) groups is 3. The van der Waals surface area contributed by atoms with E-state index in [1.807, 2.05) is 0 Å². The molecule has 2 aromatic carbocycles. The third-order valence-corrected chi connectivity index (χ3v) is 5.75. The summed E-state index contributed by atoms with van der Waals surface area (Å²) in [4.78, 5) is 39.4. The van der Waals surface area contributed by atoms with Gasteiger partial charge in [0.1, 0.15) is 5.82 Å². The molecule has 2 fully saturated rings. The van der Waals surface area contributed by atoms with Crippen molar-refractivity contribution in [3.63, 3.8) is 0 Å². The number of benzene rings is 2. The van der Waals surface area contributed by atoms with Crippen LogP contribution in [0.15, 0.2) is 48.5 Å². The van der Waals surface area contributed by atoms with Crippen LogP contribution in [0.5, 0.6) is 0 Å². The molecular weight excluding hydrogens is 385 g/mol. The zero-order valence-electron chi connectivity index (χ0n) is 16.6. The average molecular weight is 409 g/mol. The van der Waals surface area contributed by atoms with Gasteiger partial charge in [-0.2, -0.15) is 0 Å². The van der Waals surface area contributed by atoms with Gasteiger partial charge in [0.2, 0.25) is 11.8 Å². The maximum atomic E-state index is 13.1. The first-order valence-electron chi connectivity index (χ1n) is 10.3. The zero-order chi connectivity index (χ0) is 21.1. The minimum Gasteiger partial charge on any atom is -0.349 e. The molecule has 1 saturated heterocycles. The Kier molecular flexibility index (Phi) is 5.79. The monoisotopic (exact) mass is 409 g/mol. The largest absolute Gasteiger partial charge is 0.349 e. The molecule has 2 aromatic rings. The van der Waals surface area contributed by atoms with Gasteiger partial charge in [-0.3, -0.25) is 14.4 Å². The highest BCUT2D eigenvalue weighted by molar-refractivity contribution is 6.07. The Morgan fingerprint density at radius 3 is 2.43 bits per heavy atom. The lowest BCUT2D eigenvalue weighted by Gasteiger charge is -2.18. The Morgan fingerprint density at radius 1 is 1.00 bits per heavy atom. The second-order valence-electron chi connectivity index (χ2n) is 7.87. The molecule has 0 radical (unpaired) electrons. The lowest BCUT2D eigenvalue weighted by Crippen LogP contribution is -2.34. The van der Waals surface area contributed by atoms with E-state index in [0.717, 1.165) is 25.7 Å². The maximum Gasteiger partial charge on any atom is 0.253 e. The predicted octanol–water partition coefficient (Wildman–Crippen LogP) is 3.49. The van der Waals surface area contributed by atoms with E-state index in [0.29, 0.717) is 16.9 Å². The second kappa shape index (κ2) is 8.65. The summed E-state index contributed by atoms with van der Waals surface area (Å²) in [6.45, 7) is 0.215. The van der Waals surface area contributed by atoms with Crippen molar-refractivity contribution in [2.45, 2.75) is 38.1 Å². The molecule has 6 nitrogen and oxygen atoms in total. The summed E-state index contributed by atoms with van der Waals surface area (Å²) in [6.07, 6.45) is 4.25. The van der Waals surface area contributed by atoms with Crippen LogP contribution in [0.2, 0.25) is 0 Å². The van der Waals surface area contributed by atoms with E-state index < -0.39 is 5.92 Å². The van der Waals surface area contributed by atoms with Crippen molar-refractivity contribution in [3.05, 3.63) is 59.9 Å². The Hall–Kier alpha value is -3.22. The fraction of sp³-hybridized carbons (Fsp3) is 0.348.